The molecular formula is C22H30O2. The van der Waals surface area contributed by atoms with Crippen LogP contribution in [0, 0.1) is 41.4 Å². The number of fused-ring (bicyclic) bond motifs is 5. The van der Waals surface area contributed by atoms with Gasteiger partial charge in [0, 0.05) is 5.41 Å². The summed E-state index contributed by atoms with van der Waals surface area (Å²) in [6, 6.07) is 0. The van der Waals surface area contributed by atoms with Crippen LogP contribution >= 0.6 is 0 Å². The molecule has 4 aliphatic rings. The van der Waals surface area contributed by atoms with Gasteiger partial charge in [0.1, 0.15) is 0 Å². The van der Waals surface area contributed by atoms with Crippen LogP contribution in [0.5, 0.6) is 0 Å². The monoisotopic (exact) mass is 326 g/mol. The molecule has 2 nitrogen and oxygen atoms in total. The summed E-state index contributed by atoms with van der Waals surface area (Å²) in [7, 11) is 0. The van der Waals surface area contributed by atoms with E-state index in [1.54, 1.807) is 0 Å². The molecule has 0 radical (unpaired) electrons. The Hall–Kier alpha value is -1.04. The molecule has 2 N–H and O–H groups in total. The van der Waals surface area contributed by atoms with E-state index in [2.05, 4.69) is 18.9 Å². The van der Waals surface area contributed by atoms with Gasteiger partial charge in [-0.1, -0.05) is 24.5 Å². The fraction of sp³-hybridized carbons (Fsp3) is 0.727. The van der Waals surface area contributed by atoms with Gasteiger partial charge in [-0.05, 0) is 87.2 Å². The van der Waals surface area contributed by atoms with Gasteiger partial charge in [0.2, 0.25) is 0 Å². The highest BCUT2D eigenvalue weighted by molar-refractivity contribution is 5.31. The van der Waals surface area contributed by atoms with Gasteiger partial charge in [-0.15, -0.1) is 6.42 Å². The molecule has 0 saturated heterocycles. The molecule has 24 heavy (non-hydrogen) atoms. The first-order valence-electron chi connectivity index (χ1n) is 9.63. The second-order valence-electron chi connectivity index (χ2n) is 9.23. The summed E-state index contributed by atoms with van der Waals surface area (Å²) in [5.41, 5.74) is 1.99. The Bertz CT molecular complexity index is 635. The van der Waals surface area contributed by atoms with Crippen molar-refractivity contribution in [1.82, 2.24) is 0 Å². The van der Waals surface area contributed by atoms with Gasteiger partial charge in [-0.3, -0.25) is 0 Å². The quantitative estimate of drug-likeness (QED) is 0.524. The van der Waals surface area contributed by atoms with Crippen LogP contribution in [-0.2, 0) is 0 Å². The molecule has 0 unspecified atom stereocenters. The number of aliphatic hydroxyl groups is 2. The molecule has 2 heteroatoms. The average molecular weight is 326 g/mol. The van der Waals surface area contributed by atoms with Gasteiger partial charge in [0.05, 0.1) is 11.7 Å². The summed E-state index contributed by atoms with van der Waals surface area (Å²) in [6.07, 6.45) is 16.7. The molecule has 0 bridgehead atoms. The van der Waals surface area contributed by atoms with Crippen LogP contribution in [0.15, 0.2) is 23.3 Å². The minimum Gasteiger partial charge on any atom is -0.388 e. The Morgan fingerprint density at radius 1 is 1.21 bits per heavy atom. The molecule has 0 heterocycles. The molecule has 130 valence electrons. The number of rotatable bonds is 0. The highest BCUT2D eigenvalue weighted by atomic mass is 16.3. The van der Waals surface area contributed by atoms with Gasteiger partial charge in [-0.25, -0.2) is 0 Å². The predicted octanol–water partition coefficient (Wildman–Crippen LogP) is 3.84. The zero-order valence-electron chi connectivity index (χ0n) is 15.0. The van der Waals surface area contributed by atoms with Crippen molar-refractivity contribution in [3.8, 4) is 12.3 Å². The number of allylic oxidation sites excluding steroid dienone is 2. The normalized spacial score (nSPS) is 52.0. The van der Waals surface area contributed by atoms with Crippen molar-refractivity contribution in [1.29, 1.82) is 0 Å². The first kappa shape index (κ1) is 16.4. The van der Waals surface area contributed by atoms with Crippen LogP contribution in [0.25, 0.3) is 0 Å². The molecule has 0 aromatic heterocycles. The minimum absolute atomic E-state index is 0.00519. The lowest BCUT2D eigenvalue weighted by molar-refractivity contribution is -0.0537. The van der Waals surface area contributed by atoms with Crippen molar-refractivity contribution < 1.29 is 10.2 Å². The van der Waals surface area contributed by atoms with Gasteiger partial charge in [-0.2, -0.15) is 0 Å². The van der Waals surface area contributed by atoms with E-state index < -0.39 is 5.60 Å². The van der Waals surface area contributed by atoms with E-state index in [4.69, 9.17) is 6.42 Å². The van der Waals surface area contributed by atoms with E-state index in [9.17, 15) is 10.2 Å². The lowest BCUT2D eigenvalue weighted by Crippen LogP contribution is -2.48. The summed E-state index contributed by atoms with van der Waals surface area (Å²) in [6.45, 7) is 4.23. The highest BCUT2D eigenvalue weighted by Crippen LogP contribution is 2.63. The van der Waals surface area contributed by atoms with Crippen molar-refractivity contribution in [2.75, 3.05) is 0 Å². The van der Waals surface area contributed by atoms with E-state index in [1.807, 2.05) is 13.0 Å². The van der Waals surface area contributed by atoms with Crippen LogP contribution < -0.4 is 0 Å². The molecule has 7 atom stereocenters. The van der Waals surface area contributed by atoms with E-state index in [1.165, 1.54) is 18.4 Å². The van der Waals surface area contributed by atoms with Gasteiger partial charge >= 0.3 is 0 Å². The number of hydrogen-bond donors (Lipinski definition) is 2. The zero-order chi connectivity index (χ0) is 17.1. The Kier molecular flexibility index (Phi) is 3.75. The number of aliphatic hydroxyl groups excluding tert-OH is 1. The first-order chi connectivity index (χ1) is 11.4. The summed E-state index contributed by atoms with van der Waals surface area (Å²) in [5.74, 6) is 5.29. The van der Waals surface area contributed by atoms with Gasteiger partial charge in [0.25, 0.3) is 0 Å². The smallest absolute Gasteiger partial charge is 0.0815 e. The fourth-order valence-electron chi connectivity index (χ4n) is 6.63. The van der Waals surface area contributed by atoms with Crippen LogP contribution in [0.3, 0.4) is 0 Å². The first-order valence-corrected chi connectivity index (χ1v) is 9.63. The van der Waals surface area contributed by atoms with Gasteiger partial charge in [0.15, 0.2) is 0 Å². The number of terminal acetylenes is 1. The van der Waals surface area contributed by atoms with Crippen molar-refractivity contribution in [3.63, 3.8) is 0 Å². The Labute approximate surface area is 146 Å². The largest absolute Gasteiger partial charge is 0.388 e. The van der Waals surface area contributed by atoms with E-state index in [-0.39, 0.29) is 11.5 Å². The molecule has 0 aliphatic heterocycles. The maximum atomic E-state index is 10.9. The third-order valence-corrected chi connectivity index (χ3v) is 7.85. The van der Waals surface area contributed by atoms with E-state index in [0.29, 0.717) is 17.8 Å². The third kappa shape index (κ3) is 2.32. The average Bonchev–Trinajstić information content (AvgIpc) is 2.78. The zero-order valence-corrected chi connectivity index (χ0v) is 15.0. The molecule has 3 saturated carbocycles. The van der Waals surface area contributed by atoms with Crippen molar-refractivity contribution >= 4 is 0 Å². The molecule has 4 aliphatic carbocycles. The van der Waals surface area contributed by atoms with Crippen LogP contribution in [0.4, 0.5) is 0 Å². The SMILES string of the molecule is C#CC=C1C[C@H]2[C@@H]3CCC4=C[C@@](C)(O)CC[C@@H]4[C@H]3CC[C@]2(C)[C@H]1O. The molecule has 0 aromatic carbocycles. The summed E-state index contributed by atoms with van der Waals surface area (Å²) in [4.78, 5) is 0. The standard InChI is InChI=1S/C22H30O2/c1-4-5-14-12-19-18-7-6-15-13-21(2,24)10-8-16(15)17(18)9-11-22(19,3)20(14)23/h1,5,13,16-20,23-24H,6-12H2,2-3H3/t16-,17+,18+,19-,20-,21-,22-/m0/s1. The lowest BCUT2D eigenvalue weighted by Gasteiger charge is -2.54. The molecule has 3 fully saturated rings. The van der Waals surface area contributed by atoms with Gasteiger partial charge < -0.3 is 10.2 Å². The maximum absolute atomic E-state index is 10.9. The molecular weight excluding hydrogens is 296 g/mol. The summed E-state index contributed by atoms with van der Waals surface area (Å²) in [5, 5.41) is 21.3. The van der Waals surface area contributed by atoms with Crippen LogP contribution in [0.1, 0.15) is 58.8 Å². The van der Waals surface area contributed by atoms with Crippen molar-refractivity contribution in [3.05, 3.63) is 23.3 Å². The predicted molar refractivity (Wildman–Crippen MR) is 96.0 cm³/mol. The topological polar surface area (TPSA) is 40.5 Å². The van der Waals surface area contributed by atoms with E-state index in [0.717, 1.165) is 43.6 Å². The Balaban J connectivity index is 1.63. The molecule has 0 amide bonds. The second kappa shape index (κ2) is 5.48. The van der Waals surface area contributed by atoms with Crippen molar-refractivity contribution in [2.24, 2.45) is 29.1 Å². The molecule has 0 spiro atoms. The highest BCUT2D eigenvalue weighted by Gasteiger charge is 2.57. The Morgan fingerprint density at radius 3 is 2.75 bits per heavy atom. The fourth-order valence-corrected chi connectivity index (χ4v) is 6.63. The number of hydrogen-bond acceptors (Lipinski definition) is 2. The maximum Gasteiger partial charge on any atom is 0.0815 e. The summed E-state index contributed by atoms with van der Waals surface area (Å²) >= 11 is 0. The summed E-state index contributed by atoms with van der Waals surface area (Å²) < 4.78 is 0. The molecule has 4 rings (SSSR count). The lowest BCUT2D eigenvalue weighted by atomic mass is 9.52. The van der Waals surface area contributed by atoms with Crippen molar-refractivity contribution in [2.45, 2.75) is 70.5 Å². The van der Waals surface area contributed by atoms with Crippen LogP contribution in [-0.4, -0.2) is 21.9 Å². The molecule has 0 aromatic rings. The third-order valence-electron chi connectivity index (χ3n) is 7.85. The Morgan fingerprint density at radius 2 is 2.00 bits per heavy atom. The van der Waals surface area contributed by atoms with E-state index >= 15 is 0 Å². The van der Waals surface area contributed by atoms with Crippen LogP contribution in [0.2, 0.25) is 0 Å². The minimum atomic E-state index is -0.603. The second-order valence-corrected chi connectivity index (χ2v) is 9.23.